The number of carbonyl (C=O) groups excluding carboxylic acids is 1. The van der Waals surface area contributed by atoms with Crippen LogP contribution in [0.2, 0.25) is 5.02 Å². The van der Waals surface area contributed by atoms with Gasteiger partial charge in [-0.15, -0.1) is 0 Å². The van der Waals surface area contributed by atoms with E-state index in [2.05, 4.69) is 5.32 Å². The summed E-state index contributed by atoms with van der Waals surface area (Å²) in [6.45, 7) is 4.50. The first-order valence-electron chi connectivity index (χ1n) is 6.52. The van der Waals surface area contributed by atoms with Crippen LogP contribution in [0.3, 0.4) is 0 Å². The number of halogens is 1. The molecule has 6 heteroatoms. The van der Waals surface area contributed by atoms with E-state index in [0.29, 0.717) is 52.5 Å². The van der Waals surface area contributed by atoms with Gasteiger partial charge in [0.1, 0.15) is 24.7 Å². The number of amides is 1. The van der Waals surface area contributed by atoms with Crippen molar-refractivity contribution in [1.82, 2.24) is 0 Å². The third kappa shape index (κ3) is 2.69. The molecule has 1 aliphatic rings. The van der Waals surface area contributed by atoms with Crippen molar-refractivity contribution >= 4 is 23.2 Å². The van der Waals surface area contributed by atoms with Gasteiger partial charge in [0.2, 0.25) is 0 Å². The van der Waals surface area contributed by atoms with Crippen molar-refractivity contribution in [3.8, 4) is 11.5 Å². The van der Waals surface area contributed by atoms with E-state index in [-0.39, 0.29) is 5.91 Å². The molecular weight excluding hydrogens is 294 g/mol. The maximum atomic E-state index is 12.3. The highest BCUT2D eigenvalue weighted by Gasteiger charge is 2.18. The van der Waals surface area contributed by atoms with Crippen molar-refractivity contribution in [2.45, 2.75) is 13.8 Å². The molecule has 5 nitrogen and oxygen atoms in total. The number of fused-ring (bicyclic) bond motifs is 1. The number of carbonyl (C=O) groups is 1. The number of anilines is 1. The summed E-state index contributed by atoms with van der Waals surface area (Å²) in [7, 11) is 0. The Bertz CT molecular complexity index is 708. The van der Waals surface area contributed by atoms with Crippen LogP contribution in [0.1, 0.15) is 21.9 Å². The van der Waals surface area contributed by atoms with Crippen LogP contribution < -0.4 is 14.8 Å². The Morgan fingerprint density at radius 2 is 1.81 bits per heavy atom. The smallest absolute Gasteiger partial charge is 0.259 e. The Balaban J connectivity index is 1.87. The monoisotopic (exact) mass is 307 g/mol. The Morgan fingerprint density at radius 3 is 2.43 bits per heavy atom. The van der Waals surface area contributed by atoms with Gasteiger partial charge in [0.05, 0.1) is 16.3 Å². The number of nitrogens with one attached hydrogen (secondary N) is 1. The molecule has 2 heterocycles. The van der Waals surface area contributed by atoms with Gasteiger partial charge >= 0.3 is 0 Å². The molecule has 2 aromatic rings. The second kappa shape index (κ2) is 5.33. The Kier molecular flexibility index (Phi) is 3.51. The van der Waals surface area contributed by atoms with Crippen molar-refractivity contribution in [3.63, 3.8) is 0 Å². The summed E-state index contributed by atoms with van der Waals surface area (Å²) >= 11 is 6.16. The van der Waals surface area contributed by atoms with E-state index >= 15 is 0 Å². The van der Waals surface area contributed by atoms with Gasteiger partial charge in [0.25, 0.3) is 5.91 Å². The fraction of sp³-hybridized carbons (Fsp3) is 0.267. The molecule has 110 valence electrons. The minimum Gasteiger partial charge on any atom is -0.486 e. The highest BCUT2D eigenvalue weighted by atomic mass is 35.5. The first kappa shape index (κ1) is 13.8. The molecule has 1 aromatic heterocycles. The average molecular weight is 308 g/mol. The molecular formula is C15H14ClNO4. The number of furan rings is 1. The van der Waals surface area contributed by atoms with Crippen molar-refractivity contribution in [2.24, 2.45) is 0 Å². The summed E-state index contributed by atoms with van der Waals surface area (Å²) in [4.78, 5) is 12.3. The lowest BCUT2D eigenvalue weighted by Crippen LogP contribution is -2.17. The van der Waals surface area contributed by atoms with Crippen LogP contribution in [0.4, 0.5) is 5.69 Å². The van der Waals surface area contributed by atoms with Crippen LogP contribution in [-0.4, -0.2) is 19.1 Å². The van der Waals surface area contributed by atoms with E-state index in [9.17, 15) is 4.79 Å². The number of aryl methyl sites for hydroxylation is 2. The maximum absolute atomic E-state index is 12.3. The Labute approximate surface area is 126 Å². The van der Waals surface area contributed by atoms with Gasteiger partial charge in [-0.2, -0.15) is 0 Å². The van der Waals surface area contributed by atoms with Crippen LogP contribution in [0, 0.1) is 13.8 Å². The normalized spacial score (nSPS) is 13.1. The van der Waals surface area contributed by atoms with Crippen LogP contribution in [0.25, 0.3) is 0 Å². The average Bonchev–Trinajstić information content (AvgIpc) is 2.78. The maximum Gasteiger partial charge on any atom is 0.259 e. The molecule has 0 unspecified atom stereocenters. The Morgan fingerprint density at radius 1 is 1.14 bits per heavy atom. The van der Waals surface area contributed by atoms with Gasteiger partial charge in [0, 0.05) is 12.1 Å². The van der Waals surface area contributed by atoms with Crippen LogP contribution in [-0.2, 0) is 0 Å². The largest absolute Gasteiger partial charge is 0.486 e. The zero-order valence-corrected chi connectivity index (χ0v) is 12.4. The first-order chi connectivity index (χ1) is 10.0. The minimum atomic E-state index is -0.275. The standard InChI is InChI=1S/C15H14ClNO4/c1-8-5-10(9(2)21-8)15(18)17-12-7-14-13(6-11(12)16)19-3-4-20-14/h5-7H,3-4H2,1-2H3,(H,17,18). The lowest BCUT2D eigenvalue weighted by molar-refractivity contribution is 0.102. The van der Waals surface area contributed by atoms with Crippen molar-refractivity contribution < 1.29 is 18.7 Å². The van der Waals surface area contributed by atoms with Gasteiger partial charge in [-0.3, -0.25) is 4.79 Å². The molecule has 1 aliphatic heterocycles. The fourth-order valence-electron chi connectivity index (χ4n) is 2.21. The highest BCUT2D eigenvalue weighted by Crippen LogP contribution is 2.38. The molecule has 21 heavy (non-hydrogen) atoms. The lowest BCUT2D eigenvalue weighted by atomic mass is 10.2. The van der Waals surface area contributed by atoms with Crippen LogP contribution in [0.15, 0.2) is 22.6 Å². The van der Waals surface area contributed by atoms with Crippen molar-refractivity contribution in [3.05, 3.63) is 40.3 Å². The third-order valence-electron chi connectivity index (χ3n) is 3.17. The predicted octanol–water partition coefficient (Wildman–Crippen LogP) is 3.57. The second-order valence-corrected chi connectivity index (χ2v) is 5.16. The Hall–Kier alpha value is -2.14. The topological polar surface area (TPSA) is 60.7 Å². The summed E-state index contributed by atoms with van der Waals surface area (Å²) < 4.78 is 16.3. The third-order valence-corrected chi connectivity index (χ3v) is 3.48. The minimum absolute atomic E-state index is 0.275. The molecule has 1 N–H and O–H groups in total. The van der Waals surface area contributed by atoms with Gasteiger partial charge < -0.3 is 19.2 Å². The number of benzene rings is 1. The number of ether oxygens (including phenoxy) is 2. The highest BCUT2D eigenvalue weighted by molar-refractivity contribution is 6.34. The fourth-order valence-corrected chi connectivity index (χ4v) is 2.41. The molecule has 0 spiro atoms. The second-order valence-electron chi connectivity index (χ2n) is 4.76. The van der Waals surface area contributed by atoms with Gasteiger partial charge in [-0.1, -0.05) is 11.6 Å². The van der Waals surface area contributed by atoms with Gasteiger partial charge in [-0.25, -0.2) is 0 Å². The summed E-state index contributed by atoms with van der Waals surface area (Å²) in [5.41, 5.74) is 0.961. The molecule has 0 fully saturated rings. The number of rotatable bonds is 2. The molecule has 0 bridgehead atoms. The molecule has 0 atom stereocenters. The number of hydrogen-bond acceptors (Lipinski definition) is 4. The van der Waals surface area contributed by atoms with Crippen molar-refractivity contribution in [1.29, 1.82) is 0 Å². The van der Waals surface area contributed by atoms with Gasteiger partial charge in [0.15, 0.2) is 11.5 Å². The van der Waals surface area contributed by atoms with E-state index in [1.807, 2.05) is 0 Å². The summed E-state index contributed by atoms with van der Waals surface area (Å²) in [6.07, 6.45) is 0. The molecule has 3 rings (SSSR count). The van der Waals surface area contributed by atoms with Gasteiger partial charge in [-0.05, 0) is 19.9 Å². The quantitative estimate of drug-likeness (QED) is 0.921. The first-order valence-corrected chi connectivity index (χ1v) is 6.90. The van der Waals surface area contributed by atoms with E-state index in [1.165, 1.54) is 0 Å². The molecule has 0 saturated carbocycles. The van der Waals surface area contributed by atoms with E-state index in [1.54, 1.807) is 32.0 Å². The predicted molar refractivity (Wildman–Crippen MR) is 78.6 cm³/mol. The zero-order valence-electron chi connectivity index (χ0n) is 11.7. The van der Waals surface area contributed by atoms with Crippen molar-refractivity contribution in [2.75, 3.05) is 18.5 Å². The molecule has 0 saturated heterocycles. The van der Waals surface area contributed by atoms with Crippen LogP contribution in [0.5, 0.6) is 11.5 Å². The van der Waals surface area contributed by atoms with E-state index in [4.69, 9.17) is 25.5 Å². The van der Waals surface area contributed by atoms with E-state index in [0.717, 1.165) is 0 Å². The summed E-state index contributed by atoms with van der Waals surface area (Å²) in [5, 5.41) is 3.16. The summed E-state index contributed by atoms with van der Waals surface area (Å²) in [5.74, 6) is 2.13. The summed E-state index contributed by atoms with van der Waals surface area (Å²) in [6, 6.07) is 4.99. The molecule has 1 amide bonds. The van der Waals surface area contributed by atoms with Crippen LogP contribution >= 0.6 is 11.6 Å². The lowest BCUT2D eigenvalue weighted by Gasteiger charge is -2.19. The molecule has 0 aliphatic carbocycles. The zero-order chi connectivity index (χ0) is 15.0. The molecule has 0 radical (unpaired) electrons. The molecule has 1 aromatic carbocycles. The number of hydrogen-bond donors (Lipinski definition) is 1. The van der Waals surface area contributed by atoms with E-state index < -0.39 is 0 Å². The SMILES string of the molecule is Cc1cc(C(=O)Nc2cc3c(cc2Cl)OCCO3)c(C)o1.